The predicted molar refractivity (Wildman–Crippen MR) is 55.3 cm³/mol. The van der Waals surface area contributed by atoms with Gasteiger partial charge in [0, 0.05) is 5.03 Å². The molecule has 0 aliphatic heterocycles. The third-order valence-corrected chi connectivity index (χ3v) is 2.79. The van der Waals surface area contributed by atoms with Crippen molar-refractivity contribution in [3.8, 4) is 0 Å². The summed E-state index contributed by atoms with van der Waals surface area (Å²) in [6.07, 6.45) is 12.6. The summed E-state index contributed by atoms with van der Waals surface area (Å²) in [6, 6.07) is 0. The largest absolute Gasteiger partial charge is 0.0888 e. The number of allylic oxidation sites excluding steroid dienone is 4. The second-order valence-corrected chi connectivity index (χ2v) is 3.84. The summed E-state index contributed by atoms with van der Waals surface area (Å²) >= 11 is 6.07. The molecule has 0 heterocycles. The van der Waals surface area contributed by atoms with E-state index in [1.54, 1.807) is 0 Å². The fourth-order valence-corrected chi connectivity index (χ4v) is 1.82. The van der Waals surface area contributed by atoms with Crippen LogP contribution < -0.4 is 0 Å². The molecule has 0 bridgehead atoms. The van der Waals surface area contributed by atoms with Gasteiger partial charge in [0.25, 0.3) is 0 Å². The van der Waals surface area contributed by atoms with Gasteiger partial charge in [-0.05, 0) is 24.8 Å². The van der Waals surface area contributed by atoms with Crippen molar-refractivity contribution < 1.29 is 0 Å². The van der Waals surface area contributed by atoms with Gasteiger partial charge in [-0.1, -0.05) is 49.9 Å². The van der Waals surface area contributed by atoms with Gasteiger partial charge < -0.3 is 0 Å². The Hall–Kier alpha value is -0.230. The normalized spacial score (nSPS) is 22.5. The first-order chi connectivity index (χ1) is 5.84. The number of unbranched alkanes of at least 4 members (excludes halogenated alkanes) is 2. The van der Waals surface area contributed by atoms with Crippen LogP contribution in [0, 0.1) is 5.92 Å². The number of halogens is 1. The van der Waals surface area contributed by atoms with Gasteiger partial charge in [0.1, 0.15) is 0 Å². The molecule has 0 fully saturated rings. The first kappa shape index (κ1) is 9.85. The lowest BCUT2D eigenvalue weighted by Gasteiger charge is -2.16. The van der Waals surface area contributed by atoms with E-state index >= 15 is 0 Å². The van der Waals surface area contributed by atoms with Crippen molar-refractivity contribution >= 4 is 11.6 Å². The monoisotopic (exact) mass is 184 g/mol. The molecule has 0 aromatic rings. The minimum Gasteiger partial charge on any atom is -0.0888 e. The number of hydrogen-bond acceptors (Lipinski definition) is 0. The van der Waals surface area contributed by atoms with Crippen LogP contribution in [0.1, 0.15) is 39.0 Å². The quantitative estimate of drug-likeness (QED) is 0.573. The second kappa shape index (κ2) is 5.42. The summed E-state index contributed by atoms with van der Waals surface area (Å²) in [5.74, 6) is 0.614. The molecule has 1 rings (SSSR count). The standard InChI is InChI=1S/C11H17Cl/c1-2-3-4-7-10-8-5-6-9-11(10)12/h5-6,9-10H,2-4,7-8H2,1H3. The molecule has 0 amide bonds. The van der Waals surface area contributed by atoms with Gasteiger partial charge in [0.2, 0.25) is 0 Å². The highest BCUT2D eigenvalue weighted by Crippen LogP contribution is 2.28. The topological polar surface area (TPSA) is 0 Å². The van der Waals surface area contributed by atoms with Crippen LogP contribution >= 0.6 is 11.6 Å². The predicted octanol–water partition coefficient (Wildman–Crippen LogP) is 4.27. The highest BCUT2D eigenvalue weighted by molar-refractivity contribution is 6.30. The summed E-state index contributed by atoms with van der Waals surface area (Å²) in [5, 5.41) is 1.05. The van der Waals surface area contributed by atoms with E-state index in [0.717, 1.165) is 11.5 Å². The van der Waals surface area contributed by atoms with Gasteiger partial charge >= 0.3 is 0 Å². The summed E-state index contributed by atoms with van der Waals surface area (Å²) < 4.78 is 0. The molecule has 12 heavy (non-hydrogen) atoms. The summed E-state index contributed by atoms with van der Waals surface area (Å²) in [7, 11) is 0. The molecule has 0 nitrogen and oxygen atoms in total. The minimum absolute atomic E-state index is 0.614. The number of hydrogen-bond donors (Lipinski definition) is 0. The maximum Gasteiger partial charge on any atom is 0.0214 e. The molecule has 0 saturated carbocycles. The maximum atomic E-state index is 6.07. The molecule has 1 atom stereocenters. The molecular formula is C11H17Cl. The van der Waals surface area contributed by atoms with Gasteiger partial charge in [-0.3, -0.25) is 0 Å². The van der Waals surface area contributed by atoms with Crippen molar-refractivity contribution in [2.45, 2.75) is 39.0 Å². The first-order valence-electron chi connectivity index (χ1n) is 4.86. The highest BCUT2D eigenvalue weighted by atomic mass is 35.5. The summed E-state index contributed by atoms with van der Waals surface area (Å²) in [4.78, 5) is 0. The van der Waals surface area contributed by atoms with E-state index in [1.807, 2.05) is 6.08 Å². The third kappa shape index (κ3) is 3.02. The first-order valence-corrected chi connectivity index (χ1v) is 5.24. The van der Waals surface area contributed by atoms with Crippen molar-refractivity contribution in [1.82, 2.24) is 0 Å². The molecule has 0 saturated heterocycles. The Morgan fingerprint density at radius 1 is 1.50 bits per heavy atom. The molecule has 1 unspecified atom stereocenters. The van der Waals surface area contributed by atoms with E-state index in [1.165, 1.54) is 25.7 Å². The fourth-order valence-electron chi connectivity index (χ4n) is 1.55. The van der Waals surface area contributed by atoms with E-state index < -0.39 is 0 Å². The number of rotatable bonds is 4. The lowest BCUT2D eigenvalue weighted by atomic mass is 9.94. The van der Waals surface area contributed by atoms with Gasteiger partial charge in [-0.15, -0.1) is 0 Å². The Morgan fingerprint density at radius 2 is 2.33 bits per heavy atom. The van der Waals surface area contributed by atoms with E-state index in [9.17, 15) is 0 Å². The van der Waals surface area contributed by atoms with Gasteiger partial charge in [0.15, 0.2) is 0 Å². The Kier molecular flexibility index (Phi) is 4.45. The smallest absolute Gasteiger partial charge is 0.0214 e. The van der Waals surface area contributed by atoms with Crippen LogP contribution in [0.5, 0.6) is 0 Å². The van der Waals surface area contributed by atoms with Crippen molar-refractivity contribution in [1.29, 1.82) is 0 Å². The highest BCUT2D eigenvalue weighted by Gasteiger charge is 2.12. The van der Waals surface area contributed by atoms with Crippen molar-refractivity contribution in [3.05, 3.63) is 23.3 Å². The van der Waals surface area contributed by atoms with Gasteiger partial charge in [-0.25, -0.2) is 0 Å². The molecular weight excluding hydrogens is 168 g/mol. The van der Waals surface area contributed by atoms with E-state index in [0.29, 0.717) is 5.92 Å². The van der Waals surface area contributed by atoms with E-state index in [4.69, 9.17) is 11.6 Å². The van der Waals surface area contributed by atoms with Crippen molar-refractivity contribution in [2.24, 2.45) is 5.92 Å². The average molecular weight is 185 g/mol. The molecule has 68 valence electrons. The molecule has 0 radical (unpaired) electrons. The van der Waals surface area contributed by atoms with Crippen LogP contribution in [-0.2, 0) is 0 Å². The van der Waals surface area contributed by atoms with Crippen LogP contribution in [-0.4, -0.2) is 0 Å². The van der Waals surface area contributed by atoms with Crippen LogP contribution in [0.15, 0.2) is 23.3 Å². The average Bonchev–Trinajstić information content (AvgIpc) is 2.09. The van der Waals surface area contributed by atoms with Crippen molar-refractivity contribution in [3.63, 3.8) is 0 Å². The second-order valence-electron chi connectivity index (χ2n) is 3.41. The molecule has 0 aromatic heterocycles. The SMILES string of the molecule is CCCCCC1CC=CC=C1Cl. The summed E-state index contributed by atoms with van der Waals surface area (Å²) in [6.45, 7) is 2.23. The Labute approximate surface area is 80.3 Å². The maximum absolute atomic E-state index is 6.07. The Balaban J connectivity index is 2.24. The van der Waals surface area contributed by atoms with Crippen LogP contribution in [0.2, 0.25) is 0 Å². The third-order valence-electron chi connectivity index (χ3n) is 2.36. The van der Waals surface area contributed by atoms with E-state index in [2.05, 4.69) is 19.1 Å². The zero-order valence-electron chi connectivity index (χ0n) is 7.72. The van der Waals surface area contributed by atoms with Crippen LogP contribution in [0.4, 0.5) is 0 Å². The molecule has 1 heteroatoms. The lowest BCUT2D eigenvalue weighted by Crippen LogP contribution is -2.01. The Morgan fingerprint density at radius 3 is 3.00 bits per heavy atom. The van der Waals surface area contributed by atoms with E-state index in [-0.39, 0.29) is 0 Å². The summed E-state index contributed by atoms with van der Waals surface area (Å²) in [5.41, 5.74) is 0. The molecule has 0 spiro atoms. The fraction of sp³-hybridized carbons (Fsp3) is 0.636. The Bertz CT molecular complexity index is 179. The molecule has 0 N–H and O–H groups in total. The van der Waals surface area contributed by atoms with Gasteiger partial charge in [0.05, 0.1) is 0 Å². The molecule has 1 aliphatic rings. The zero-order chi connectivity index (χ0) is 8.81. The molecule has 0 aromatic carbocycles. The van der Waals surface area contributed by atoms with Crippen LogP contribution in [0.25, 0.3) is 0 Å². The minimum atomic E-state index is 0.614. The lowest BCUT2D eigenvalue weighted by molar-refractivity contribution is 0.534. The van der Waals surface area contributed by atoms with Crippen LogP contribution in [0.3, 0.4) is 0 Å². The molecule has 1 aliphatic carbocycles. The van der Waals surface area contributed by atoms with Gasteiger partial charge in [-0.2, -0.15) is 0 Å². The zero-order valence-corrected chi connectivity index (χ0v) is 8.48. The van der Waals surface area contributed by atoms with Crippen molar-refractivity contribution in [2.75, 3.05) is 0 Å².